The van der Waals surface area contributed by atoms with E-state index in [4.69, 9.17) is 14.2 Å². The molecule has 1 aromatic heterocycles. The van der Waals surface area contributed by atoms with Crippen molar-refractivity contribution >= 4 is 33.3 Å². The highest BCUT2D eigenvalue weighted by molar-refractivity contribution is 7.20. The van der Waals surface area contributed by atoms with Gasteiger partial charge in [-0.3, -0.25) is 4.79 Å². The van der Waals surface area contributed by atoms with Crippen LogP contribution in [0.25, 0.3) is 10.1 Å². The van der Waals surface area contributed by atoms with E-state index in [-0.39, 0.29) is 10.9 Å². The Morgan fingerprint density at radius 3 is 2.76 bits per heavy atom. The van der Waals surface area contributed by atoms with Crippen LogP contribution in [0, 0.1) is 5.82 Å². The number of carbonyl (C=O) groups excluding carboxylic acids is 2. The summed E-state index contributed by atoms with van der Waals surface area (Å²) in [6.45, 7) is 2.38. The maximum absolute atomic E-state index is 13.8. The lowest BCUT2D eigenvalue weighted by atomic mass is 10.1. The van der Waals surface area contributed by atoms with E-state index in [0.717, 1.165) is 16.9 Å². The van der Waals surface area contributed by atoms with Gasteiger partial charge in [0.2, 0.25) is 0 Å². The van der Waals surface area contributed by atoms with E-state index >= 15 is 0 Å². The molecule has 1 aliphatic heterocycles. The Balaban J connectivity index is 1.34. The molecule has 0 unspecified atom stereocenters. The van der Waals surface area contributed by atoms with E-state index in [1.54, 1.807) is 18.2 Å². The second-order valence-electron chi connectivity index (χ2n) is 6.53. The maximum Gasteiger partial charge on any atom is 0.348 e. The van der Waals surface area contributed by atoms with Crippen LogP contribution in [0.4, 0.5) is 4.39 Å². The molecule has 0 aliphatic carbocycles. The second-order valence-corrected chi connectivity index (χ2v) is 7.61. The molecule has 0 bridgehead atoms. The molecule has 1 N–H and O–H groups in total. The average molecular weight is 415 g/mol. The minimum Gasteiger partial charge on any atom is -0.486 e. The van der Waals surface area contributed by atoms with Crippen molar-refractivity contribution in [1.82, 2.24) is 5.32 Å². The first-order valence-corrected chi connectivity index (χ1v) is 9.87. The van der Waals surface area contributed by atoms with Crippen LogP contribution >= 0.6 is 11.3 Å². The van der Waals surface area contributed by atoms with Crippen LogP contribution in [0.5, 0.6) is 11.5 Å². The Bertz CT molecular complexity index is 1080. The first-order valence-electron chi connectivity index (χ1n) is 9.05. The first kappa shape index (κ1) is 19.2. The van der Waals surface area contributed by atoms with E-state index in [2.05, 4.69) is 5.32 Å². The summed E-state index contributed by atoms with van der Waals surface area (Å²) < 4.78 is 30.5. The molecule has 0 saturated heterocycles. The van der Waals surface area contributed by atoms with Crippen LogP contribution < -0.4 is 14.8 Å². The summed E-state index contributed by atoms with van der Waals surface area (Å²) in [6.07, 6.45) is 0. The van der Waals surface area contributed by atoms with Crippen molar-refractivity contribution in [2.75, 3.05) is 19.8 Å². The van der Waals surface area contributed by atoms with Crippen LogP contribution in [0.15, 0.2) is 42.5 Å². The van der Waals surface area contributed by atoms with E-state index in [1.165, 1.54) is 12.1 Å². The third-order valence-corrected chi connectivity index (χ3v) is 5.57. The first-order chi connectivity index (χ1) is 14.0. The minimum atomic E-state index is -0.660. The number of rotatable bonds is 5. The quantitative estimate of drug-likeness (QED) is 0.641. The zero-order valence-electron chi connectivity index (χ0n) is 15.6. The van der Waals surface area contributed by atoms with Crippen molar-refractivity contribution < 1.29 is 28.2 Å². The molecule has 6 nitrogen and oxygen atoms in total. The van der Waals surface area contributed by atoms with Crippen molar-refractivity contribution in [2.24, 2.45) is 0 Å². The van der Waals surface area contributed by atoms with Gasteiger partial charge in [-0.1, -0.05) is 12.1 Å². The van der Waals surface area contributed by atoms with Gasteiger partial charge in [0, 0.05) is 10.1 Å². The Labute approximate surface area is 170 Å². The average Bonchev–Trinajstić information content (AvgIpc) is 3.17. The summed E-state index contributed by atoms with van der Waals surface area (Å²) in [6, 6.07) is 11.2. The number of hydrogen-bond acceptors (Lipinski definition) is 6. The van der Waals surface area contributed by atoms with Gasteiger partial charge in [-0.05, 0) is 42.8 Å². The zero-order valence-corrected chi connectivity index (χ0v) is 16.4. The summed E-state index contributed by atoms with van der Waals surface area (Å²) in [5.74, 6) is -0.185. The number of nitrogens with one attached hydrogen (secondary N) is 1. The molecule has 2 heterocycles. The van der Waals surface area contributed by atoms with Gasteiger partial charge in [-0.25, -0.2) is 9.18 Å². The van der Waals surface area contributed by atoms with Crippen LogP contribution in [0.1, 0.15) is 28.2 Å². The van der Waals surface area contributed by atoms with Crippen molar-refractivity contribution in [3.63, 3.8) is 0 Å². The van der Waals surface area contributed by atoms with Crippen LogP contribution in [-0.2, 0) is 9.53 Å². The van der Waals surface area contributed by atoms with E-state index in [1.807, 2.05) is 19.1 Å². The molecule has 150 valence electrons. The standard InChI is InChI=1S/C21H18FNO5S/c1-12(13-5-6-16-17(9-13)27-8-7-26-16)23-20(24)11-28-21(25)19-10-14-15(22)3-2-4-18(14)29-19/h2-6,9-10,12H,7-8,11H2,1H3,(H,23,24)/t12-/m1/s1. The van der Waals surface area contributed by atoms with Gasteiger partial charge in [0.1, 0.15) is 23.9 Å². The molecular weight excluding hydrogens is 397 g/mol. The van der Waals surface area contributed by atoms with Gasteiger partial charge in [-0.15, -0.1) is 11.3 Å². The minimum absolute atomic E-state index is 0.248. The summed E-state index contributed by atoms with van der Waals surface area (Å²) in [5, 5.41) is 3.14. The third kappa shape index (κ3) is 4.17. The fourth-order valence-electron chi connectivity index (χ4n) is 3.02. The summed E-state index contributed by atoms with van der Waals surface area (Å²) >= 11 is 1.12. The number of thiophene rings is 1. The number of esters is 1. The highest BCUT2D eigenvalue weighted by atomic mass is 32.1. The number of ether oxygens (including phenoxy) is 3. The van der Waals surface area contributed by atoms with E-state index < -0.39 is 24.3 Å². The van der Waals surface area contributed by atoms with Crippen LogP contribution in [-0.4, -0.2) is 31.7 Å². The molecular formula is C21H18FNO5S. The van der Waals surface area contributed by atoms with Crippen LogP contribution in [0.3, 0.4) is 0 Å². The molecule has 2 aromatic carbocycles. The number of fused-ring (bicyclic) bond motifs is 2. The van der Waals surface area contributed by atoms with Gasteiger partial charge < -0.3 is 19.5 Å². The molecule has 1 atom stereocenters. The summed E-state index contributed by atoms with van der Waals surface area (Å²) in [4.78, 5) is 24.6. The second kappa shape index (κ2) is 8.08. The van der Waals surface area contributed by atoms with Gasteiger partial charge in [-0.2, -0.15) is 0 Å². The number of halogens is 1. The summed E-state index contributed by atoms with van der Waals surface area (Å²) in [7, 11) is 0. The molecule has 1 aliphatic rings. The van der Waals surface area contributed by atoms with Gasteiger partial charge in [0.25, 0.3) is 5.91 Å². The highest BCUT2D eigenvalue weighted by Crippen LogP contribution is 2.32. The smallest absolute Gasteiger partial charge is 0.348 e. The van der Waals surface area contributed by atoms with Gasteiger partial charge in [0.05, 0.1) is 6.04 Å². The topological polar surface area (TPSA) is 73.9 Å². The Kier molecular flexibility index (Phi) is 5.35. The Morgan fingerprint density at radius 1 is 1.17 bits per heavy atom. The van der Waals surface area contributed by atoms with Gasteiger partial charge >= 0.3 is 5.97 Å². The SMILES string of the molecule is C[C@@H](NC(=O)COC(=O)c1cc2c(F)cccc2s1)c1ccc2c(c1)OCCO2. The largest absolute Gasteiger partial charge is 0.486 e. The lowest BCUT2D eigenvalue weighted by molar-refractivity contribution is -0.124. The summed E-state index contributed by atoms with van der Waals surface area (Å²) in [5.41, 5.74) is 0.842. The Morgan fingerprint density at radius 2 is 1.97 bits per heavy atom. The molecule has 0 radical (unpaired) electrons. The zero-order chi connectivity index (χ0) is 20.4. The Hall–Kier alpha value is -3.13. The predicted octanol–water partition coefficient (Wildman–Crippen LogP) is 3.85. The lowest BCUT2D eigenvalue weighted by Crippen LogP contribution is -2.31. The number of carbonyl (C=O) groups is 2. The third-order valence-electron chi connectivity index (χ3n) is 4.49. The lowest BCUT2D eigenvalue weighted by Gasteiger charge is -2.21. The normalized spacial score (nSPS) is 13.7. The molecule has 0 fully saturated rings. The number of amides is 1. The molecule has 29 heavy (non-hydrogen) atoms. The van der Waals surface area contributed by atoms with E-state index in [9.17, 15) is 14.0 Å². The monoisotopic (exact) mass is 415 g/mol. The van der Waals surface area contributed by atoms with Crippen molar-refractivity contribution in [3.05, 3.63) is 58.7 Å². The van der Waals surface area contributed by atoms with Gasteiger partial charge in [0.15, 0.2) is 18.1 Å². The number of benzene rings is 2. The molecule has 1 amide bonds. The molecule has 8 heteroatoms. The molecule has 0 spiro atoms. The molecule has 3 aromatic rings. The fourth-order valence-corrected chi connectivity index (χ4v) is 3.99. The fraction of sp³-hybridized carbons (Fsp3) is 0.238. The van der Waals surface area contributed by atoms with E-state index in [0.29, 0.717) is 34.8 Å². The predicted molar refractivity (Wildman–Crippen MR) is 106 cm³/mol. The molecule has 0 saturated carbocycles. The molecule has 4 rings (SSSR count). The van der Waals surface area contributed by atoms with Crippen LogP contribution in [0.2, 0.25) is 0 Å². The van der Waals surface area contributed by atoms with Crippen molar-refractivity contribution in [3.8, 4) is 11.5 Å². The number of hydrogen-bond donors (Lipinski definition) is 1. The van der Waals surface area contributed by atoms with Crippen molar-refractivity contribution in [2.45, 2.75) is 13.0 Å². The maximum atomic E-state index is 13.8. The highest BCUT2D eigenvalue weighted by Gasteiger charge is 2.18. The van der Waals surface area contributed by atoms with Crippen molar-refractivity contribution in [1.29, 1.82) is 0 Å².